The number of nitrogens with zero attached hydrogens (tertiary/aromatic N) is 1. The number of nitrogens with one attached hydrogen (secondary N) is 1. The quantitative estimate of drug-likeness (QED) is 0.781. The Labute approximate surface area is 123 Å². The number of aromatic nitrogens is 2. The Morgan fingerprint density at radius 3 is 2.70 bits per heavy atom. The molecule has 0 spiro atoms. The molecule has 0 aromatic carbocycles. The van der Waals surface area contributed by atoms with Gasteiger partial charge in [-0.3, -0.25) is 14.3 Å². The van der Waals surface area contributed by atoms with Gasteiger partial charge in [-0.05, 0) is 13.8 Å². The molecule has 20 heavy (non-hydrogen) atoms. The van der Waals surface area contributed by atoms with Gasteiger partial charge in [0.05, 0.1) is 6.10 Å². The first-order valence-corrected chi connectivity index (χ1v) is 7.42. The molecule has 0 bridgehead atoms. The standard InChI is InChI=1S/C12H15BrN2O5/c1-12(2)19-8-6(5-13)18-10(9(8)20-12)15-4-3-7(16)14-11(15)17/h3-4,6,8-10H,5H2,1-2H3,(H,14,16,17)/t6-,8?,9+,10-/m1/s1. The molecule has 0 aliphatic carbocycles. The average molecular weight is 347 g/mol. The summed E-state index contributed by atoms with van der Waals surface area (Å²) in [5, 5.41) is 0.572. The Hall–Kier alpha value is -0.960. The summed E-state index contributed by atoms with van der Waals surface area (Å²) in [5.74, 6) is -0.719. The summed E-state index contributed by atoms with van der Waals surface area (Å²) in [6.07, 6.45) is -0.0718. The Balaban J connectivity index is 1.98. The van der Waals surface area contributed by atoms with Crippen LogP contribution in [0.3, 0.4) is 0 Å². The van der Waals surface area contributed by atoms with Crippen molar-refractivity contribution >= 4 is 15.9 Å². The number of aromatic amines is 1. The van der Waals surface area contributed by atoms with E-state index >= 15 is 0 Å². The highest BCUT2D eigenvalue weighted by atomic mass is 79.9. The summed E-state index contributed by atoms with van der Waals surface area (Å²) >= 11 is 3.37. The molecule has 8 heteroatoms. The van der Waals surface area contributed by atoms with E-state index in [0.29, 0.717) is 5.33 Å². The minimum atomic E-state index is -0.719. The lowest BCUT2D eigenvalue weighted by Crippen LogP contribution is -2.37. The largest absolute Gasteiger partial charge is 0.348 e. The van der Waals surface area contributed by atoms with Crippen LogP contribution in [0, 0.1) is 0 Å². The van der Waals surface area contributed by atoms with Crippen LogP contribution in [-0.4, -0.2) is 39.0 Å². The lowest BCUT2D eigenvalue weighted by molar-refractivity contribution is -0.194. The lowest BCUT2D eigenvalue weighted by Gasteiger charge is -2.24. The number of H-pyrrole nitrogens is 1. The highest BCUT2D eigenvalue weighted by Gasteiger charge is 2.55. The van der Waals surface area contributed by atoms with Crippen molar-refractivity contribution in [3.63, 3.8) is 0 Å². The summed E-state index contributed by atoms with van der Waals surface area (Å²) in [7, 11) is 0. The van der Waals surface area contributed by atoms with Gasteiger partial charge in [-0.25, -0.2) is 4.79 Å². The maximum absolute atomic E-state index is 11.9. The van der Waals surface area contributed by atoms with Gasteiger partial charge in [-0.2, -0.15) is 0 Å². The number of fused-ring (bicyclic) bond motifs is 1. The van der Waals surface area contributed by atoms with E-state index in [-0.39, 0.29) is 12.2 Å². The van der Waals surface area contributed by atoms with E-state index in [1.54, 1.807) is 0 Å². The number of halogens is 1. The first-order chi connectivity index (χ1) is 9.41. The van der Waals surface area contributed by atoms with Crippen molar-refractivity contribution in [3.8, 4) is 0 Å². The molecule has 110 valence electrons. The van der Waals surface area contributed by atoms with Crippen LogP contribution in [0.2, 0.25) is 0 Å². The van der Waals surface area contributed by atoms with Crippen molar-refractivity contribution in [3.05, 3.63) is 33.1 Å². The third-order valence-electron chi connectivity index (χ3n) is 3.40. The number of rotatable bonds is 2. The zero-order valence-corrected chi connectivity index (χ0v) is 12.6. The van der Waals surface area contributed by atoms with Crippen molar-refractivity contribution in [2.24, 2.45) is 0 Å². The van der Waals surface area contributed by atoms with Crippen molar-refractivity contribution < 1.29 is 14.2 Å². The molecule has 1 aromatic heterocycles. The van der Waals surface area contributed by atoms with Crippen molar-refractivity contribution in [2.75, 3.05) is 5.33 Å². The Morgan fingerprint density at radius 1 is 1.35 bits per heavy atom. The second-order valence-corrected chi connectivity index (χ2v) is 5.95. The fourth-order valence-corrected chi connectivity index (χ4v) is 3.16. The number of ether oxygens (including phenoxy) is 3. The predicted molar refractivity (Wildman–Crippen MR) is 72.9 cm³/mol. The van der Waals surface area contributed by atoms with Gasteiger partial charge in [-0.1, -0.05) is 15.9 Å². The molecule has 2 saturated heterocycles. The smallest absolute Gasteiger partial charge is 0.330 e. The summed E-state index contributed by atoms with van der Waals surface area (Å²) in [6, 6.07) is 1.28. The summed E-state index contributed by atoms with van der Waals surface area (Å²) in [6.45, 7) is 3.65. The fraction of sp³-hybridized carbons (Fsp3) is 0.667. The molecule has 4 atom stereocenters. The Kier molecular flexibility index (Phi) is 3.36. The van der Waals surface area contributed by atoms with Crippen LogP contribution in [0.25, 0.3) is 0 Å². The molecule has 1 N–H and O–H groups in total. The number of alkyl halides is 1. The normalized spacial score (nSPS) is 35.1. The molecule has 1 aromatic rings. The first-order valence-electron chi connectivity index (χ1n) is 6.30. The van der Waals surface area contributed by atoms with Gasteiger partial charge in [0.2, 0.25) is 0 Å². The van der Waals surface area contributed by atoms with Gasteiger partial charge in [0.25, 0.3) is 5.56 Å². The molecule has 0 saturated carbocycles. The Bertz CT molecular complexity index is 625. The maximum Gasteiger partial charge on any atom is 0.330 e. The van der Waals surface area contributed by atoms with E-state index in [2.05, 4.69) is 20.9 Å². The monoisotopic (exact) mass is 346 g/mol. The highest BCUT2D eigenvalue weighted by Crippen LogP contribution is 2.42. The molecule has 7 nitrogen and oxygen atoms in total. The zero-order chi connectivity index (χ0) is 14.5. The number of hydrogen-bond donors (Lipinski definition) is 1. The van der Waals surface area contributed by atoms with Gasteiger partial charge in [0.15, 0.2) is 12.0 Å². The molecular formula is C12H15BrN2O5. The third-order valence-corrected chi connectivity index (χ3v) is 4.04. The van der Waals surface area contributed by atoms with Gasteiger partial charge < -0.3 is 14.2 Å². The van der Waals surface area contributed by atoms with Crippen LogP contribution in [0.4, 0.5) is 0 Å². The fourth-order valence-electron chi connectivity index (χ4n) is 2.63. The van der Waals surface area contributed by atoms with E-state index in [4.69, 9.17) is 14.2 Å². The van der Waals surface area contributed by atoms with Gasteiger partial charge >= 0.3 is 5.69 Å². The predicted octanol–water partition coefficient (Wildman–Crippen LogP) is 0.349. The van der Waals surface area contributed by atoms with Gasteiger partial charge in [0.1, 0.15) is 12.2 Å². The SMILES string of the molecule is CC1(C)OC2[C@@H](CBr)O[C@@H](n3ccc(=O)[nH]c3=O)[C@H]2O1. The second-order valence-electron chi connectivity index (χ2n) is 5.30. The molecule has 0 amide bonds. The number of hydrogen-bond acceptors (Lipinski definition) is 5. The van der Waals surface area contributed by atoms with Crippen molar-refractivity contribution in [2.45, 2.75) is 44.2 Å². The van der Waals surface area contributed by atoms with Crippen LogP contribution in [0.15, 0.2) is 21.9 Å². The molecular weight excluding hydrogens is 332 g/mol. The average Bonchev–Trinajstić information content (AvgIpc) is 2.83. The minimum Gasteiger partial charge on any atom is -0.348 e. The molecule has 2 aliphatic heterocycles. The van der Waals surface area contributed by atoms with E-state index in [1.165, 1.54) is 16.8 Å². The van der Waals surface area contributed by atoms with Crippen LogP contribution < -0.4 is 11.2 Å². The first kappa shape index (κ1) is 14.0. The van der Waals surface area contributed by atoms with Crippen molar-refractivity contribution in [1.82, 2.24) is 9.55 Å². The molecule has 1 unspecified atom stereocenters. The molecule has 0 radical (unpaired) electrons. The van der Waals surface area contributed by atoms with E-state index in [9.17, 15) is 9.59 Å². The second kappa shape index (κ2) is 4.80. The summed E-state index contributed by atoms with van der Waals surface area (Å²) in [5.41, 5.74) is -0.966. The van der Waals surface area contributed by atoms with Crippen molar-refractivity contribution in [1.29, 1.82) is 0 Å². The van der Waals surface area contributed by atoms with Crippen LogP contribution in [-0.2, 0) is 14.2 Å². The van der Waals surface area contributed by atoms with Crippen LogP contribution in [0.1, 0.15) is 20.1 Å². The lowest BCUT2D eigenvalue weighted by atomic mass is 10.1. The minimum absolute atomic E-state index is 0.217. The van der Waals surface area contributed by atoms with Crippen LogP contribution in [0.5, 0.6) is 0 Å². The topological polar surface area (TPSA) is 82.5 Å². The molecule has 3 rings (SSSR count). The summed E-state index contributed by atoms with van der Waals surface area (Å²) in [4.78, 5) is 25.2. The van der Waals surface area contributed by atoms with E-state index < -0.39 is 29.4 Å². The highest BCUT2D eigenvalue weighted by molar-refractivity contribution is 9.09. The van der Waals surface area contributed by atoms with Gasteiger partial charge in [0, 0.05) is 17.6 Å². The summed E-state index contributed by atoms with van der Waals surface area (Å²) < 4.78 is 18.8. The zero-order valence-electron chi connectivity index (χ0n) is 11.0. The maximum atomic E-state index is 11.9. The Morgan fingerprint density at radius 2 is 2.05 bits per heavy atom. The molecule has 3 heterocycles. The van der Waals surface area contributed by atoms with E-state index in [0.717, 1.165) is 0 Å². The third kappa shape index (κ3) is 2.26. The van der Waals surface area contributed by atoms with E-state index in [1.807, 2.05) is 13.8 Å². The molecule has 2 fully saturated rings. The molecule has 2 aliphatic rings. The van der Waals surface area contributed by atoms with Gasteiger partial charge in [-0.15, -0.1) is 0 Å². The van der Waals surface area contributed by atoms with Crippen LogP contribution >= 0.6 is 15.9 Å².